The highest BCUT2D eigenvalue weighted by molar-refractivity contribution is 5.76. The lowest BCUT2D eigenvalue weighted by Crippen LogP contribution is -2.43. The van der Waals surface area contributed by atoms with E-state index in [4.69, 9.17) is 5.73 Å². The minimum absolute atomic E-state index is 0.232. The number of nitrogens with zero attached hydrogens (tertiary/aromatic N) is 1. The van der Waals surface area contributed by atoms with Gasteiger partial charge in [0.05, 0.1) is 0 Å². The lowest BCUT2D eigenvalue weighted by Gasteiger charge is -2.35. The van der Waals surface area contributed by atoms with Crippen molar-refractivity contribution >= 4 is 5.91 Å². The van der Waals surface area contributed by atoms with E-state index in [1.807, 2.05) is 18.7 Å². The summed E-state index contributed by atoms with van der Waals surface area (Å²) >= 11 is 0. The quantitative estimate of drug-likeness (QED) is 0.800. The van der Waals surface area contributed by atoms with Gasteiger partial charge in [0.15, 0.2) is 0 Å². The fourth-order valence-corrected chi connectivity index (χ4v) is 2.08. The Hall–Kier alpha value is -0.570. The highest BCUT2D eigenvalue weighted by Gasteiger charge is 2.26. The van der Waals surface area contributed by atoms with Crippen molar-refractivity contribution in [3.63, 3.8) is 0 Å². The molecule has 0 aromatic heterocycles. The molecule has 16 heavy (non-hydrogen) atoms. The Morgan fingerprint density at radius 1 is 1.38 bits per heavy atom. The van der Waals surface area contributed by atoms with Gasteiger partial charge in [0.2, 0.25) is 5.91 Å². The van der Waals surface area contributed by atoms with E-state index in [-0.39, 0.29) is 11.4 Å². The van der Waals surface area contributed by atoms with Crippen molar-refractivity contribution in [2.75, 3.05) is 13.1 Å². The summed E-state index contributed by atoms with van der Waals surface area (Å²) in [6.45, 7) is 10.3. The minimum Gasteiger partial charge on any atom is -0.342 e. The third-order valence-electron chi connectivity index (χ3n) is 3.67. The number of carbonyl (C=O) groups excluding carboxylic acids is 1. The summed E-state index contributed by atoms with van der Waals surface area (Å²) in [5.74, 6) is 1.65. The van der Waals surface area contributed by atoms with Gasteiger partial charge in [-0.05, 0) is 38.5 Å². The molecule has 0 saturated carbocycles. The van der Waals surface area contributed by atoms with Crippen molar-refractivity contribution in [2.24, 2.45) is 17.6 Å². The lowest BCUT2D eigenvalue weighted by atomic mass is 9.88. The standard InChI is InChI=1S/C13H26N2O/c1-10-6-8-15(9-11(10)2)12(16)5-7-13(3,4)14/h10-11H,5-9,14H2,1-4H3. The maximum Gasteiger partial charge on any atom is 0.222 e. The van der Waals surface area contributed by atoms with Crippen LogP contribution in [0, 0.1) is 11.8 Å². The molecule has 0 spiro atoms. The molecule has 94 valence electrons. The molecule has 2 atom stereocenters. The normalized spacial score (nSPS) is 26.9. The maximum atomic E-state index is 12.0. The van der Waals surface area contributed by atoms with Crippen LogP contribution in [-0.2, 0) is 4.79 Å². The number of rotatable bonds is 3. The Morgan fingerprint density at radius 2 is 2.00 bits per heavy atom. The van der Waals surface area contributed by atoms with E-state index in [1.54, 1.807) is 0 Å². The number of likely N-dealkylation sites (tertiary alicyclic amines) is 1. The third kappa shape index (κ3) is 4.12. The van der Waals surface area contributed by atoms with Gasteiger partial charge >= 0.3 is 0 Å². The molecule has 0 aromatic rings. The van der Waals surface area contributed by atoms with E-state index in [9.17, 15) is 4.79 Å². The maximum absolute atomic E-state index is 12.0. The molecule has 0 radical (unpaired) electrons. The molecule has 3 nitrogen and oxygen atoms in total. The fourth-order valence-electron chi connectivity index (χ4n) is 2.08. The number of piperidine rings is 1. The summed E-state index contributed by atoms with van der Waals surface area (Å²) in [5.41, 5.74) is 5.66. The van der Waals surface area contributed by atoms with E-state index >= 15 is 0 Å². The molecule has 1 amide bonds. The summed E-state index contributed by atoms with van der Waals surface area (Å²) in [5, 5.41) is 0. The largest absolute Gasteiger partial charge is 0.342 e. The molecule has 2 N–H and O–H groups in total. The highest BCUT2D eigenvalue weighted by atomic mass is 16.2. The van der Waals surface area contributed by atoms with Crippen LogP contribution in [-0.4, -0.2) is 29.4 Å². The lowest BCUT2D eigenvalue weighted by molar-refractivity contribution is -0.133. The molecule has 1 saturated heterocycles. The zero-order valence-corrected chi connectivity index (χ0v) is 11.1. The number of carbonyl (C=O) groups is 1. The van der Waals surface area contributed by atoms with Gasteiger partial charge in [0.1, 0.15) is 0 Å². The second kappa shape index (κ2) is 5.17. The van der Waals surface area contributed by atoms with E-state index in [0.717, 1.165) is 31.8 Å². The van der Waals surface area contributed by atoms with Gasteiger partial charge in [-0.15, -0.1) is 0 Å². The number of hydrogen-bond acceptors (Lipinski definition) is 2. The Kier molecular flexibility index (Phi) is 4.36. The molecule has 0 aromatic carbocycles. The van der Waals surface area contributed by atoms with Crippen molar-refractivity contribution < 1.29 is 4.79 Å². The van der Waals surface area contributed by atoms with Crippen molar-refractivity contribution in [1.82, 2.24) is 4.90 Å². The minimum atomic E-state index is -0.232. The van der Waals surface area contributed by atoms with Crippen LogP contribution in [0.4, 0.5) is 0 Å². The topological polar surface area (TPSA) is 46.3 Å². The first-order chi connectivity index (χ1) is 7.29. The first kappa shape index (κ1) is 13.5. The zero-order chi connectivity index (χ0) is 12.3. The third-order valence-corrected chi connectivity index (χ3v) is 3.67. The zero-order valence-electron chi connectivity index (χ0n) is 11.1. The van der Waals surface area contributed by atoms with Gasteiger partial charge in [-0.25, -0.2) is 0 Å². The molecule has 1 heterocycles. The van der Waals surface area contributed by atoms with E-state index in [2.05, 4.69) is 13.8 Å². The predicted octanol–water partition coefficient (Wildman–Crippen LogP) is 2.01. The Balaban J connectivity index is 2.38. The van der Waals surface area contributed by atoms with Gasteiger partial charge in [-0.2, -0.15) is 0 Å². The van der Waals surface area contributed by atoms with Crippen LogP contribution in [0.1, 0.15) is 47.0 Å². The van der Waals surface area contributed by atoms with Crippen LogP contribution in [0.15, 0.2) is 0 Å². The second-order valence-electron chi connectivity index (χ2n) is 6.07. The van der Waals surface area contributed by atoms with Crippen LogP contribution in [0.25, 0.3) is 0 Å². The molecule has 1 fully saturated rings. The summed E-state index contributed by atoms with van der Waals surface area (Å²) in [6, 6.07) is 0. The molecule has 2 unspecified atom stereocenters. The number of hydrogen-bond donors (Lipinski definition) is 1. The van der Waals surface area contributed by atoms with Gasteiger partial charge in [-0.1, -0.05) is 13.8 Å². The average molecular weight is 226 g/mol. The van der Waals surface area contributed by atoms with Crippen molar-refractivity contribution in [3.8, 4) is 0 Å². The van der Waals surface area contributed by atoms with Crippen LogP contribution >= 0.6 is 0 Å². The number of amides is 1. The van der Waals surface area contributed by atoms with Gasteiger partial charge in [-0.3, -0.25) is 4.79 Å². The van der Waals surface area contributed by atoms with E-state index in [1.165, 1.54) is 0 Å². The van der Waals surface area contributed by atoms with Crippen molar-refractivity contribution in [3.05, 3.63) is 0 Å². The summed E-state index contributed by atoms with van der Waals surface area (Å²) < 4.78 is 0. The van der Waals surface area contributed by atoms with Crippen molar-refractivity contribution in [1.29, 1.82) is 0 Å². The van der Waals surface area contributed by atoms with Gasteiger partial charge in [0.25, 0.3) is 0 Å². The Morgan fingerprint density at radius 3 is 2.50 bits per heavy atom. The first-order valence-electron chi connectivity index (χ1n) is 6.36. The Bertz CT molecular complexity index is 245. The SMILES string of the molecule is CC1CCN(C(=O)CCC(C)(C)N)CC1C. The fraction of sp³-hybridized carbons (Fsp3) is 0.923. The van der Waals surface area contributed by atoms with E-state index in [0.29, 0.717) is 12.3 Å². The molecule has 1 aliphatic rings. The molecule has 0 bridgehead atoms. The molecular formula is C13H26N2O. The molecule has 3 heteroatoms. The molecule has 0 aliphatic carbocycles. The van der Waals surface area contributed by atoms with Crippen LogP contribution < -0.4 is 5.73 Å². The highest BCUT2D eigenvalue weighted by Crippen LogP contribution is 2.23. The molecular weight excluding hydrogens is 200 g/mol. The molecule has 1 aliphatic heterocycles. The van der Waals surface area contributed by atoms with Crippen LogP contribution in [0.3, 0.4) is 0 Å². The van der Waals surface area contributed by atoms with Crippen LogP contribution in [0.5, 0.6) is 0 Å². The summed E-state index contributed by atoms with van der Waals surface area (Å²) in [4.78, 5) is 14.0. The first-order valence-corrected chi connectivity index (χ1v) is 6.36. The average Bonchev–Trinajstić information content (AvgIpc) is 2.17. The molecule has 1 rings (SSSR count). The van der Waals surface area contributed by atoms with Gasteiger partial charge < -0.3 is 10.6 Å². The predicted molar refractivity (Wildman–Crippen MR) is 67.0 cm³/mol. The van der Waals surface area contributed by atoms with Crippen molar-refractivity contribution in [2.45, 2.75) is 52.5 Å². The summed E-state index contributed by atoms with van der Waals surface area (Å²) in [7, 11) is 0. The Labute approximate surface area is 99.4 Å². The second-order valence-corrected chi connectivity index (χ2v) is 6.07. The smallest absolute Gasteiger partial charge is 0.222 e. The summed E-state index contributed by atoms with van der Waals surface area (Å²) in [6.07, 6.45) is 2.50. The monoisotopic (exact) mass is 226 g/mol. The number of nitrogens with two attached hydrogens (primary N) is 1. The van der Waals surface area contributed by atoms with Gasteiger partial charge in [0, 0.05) is 25.0 Å². The van der Waals surface area contributed by atoms with Crippen LogP contribution in [0.2, 0.25) is 0 Å². The van der Waals surface area contributed by atoms with E-state index < -0.39 is 0 Å².